The van der Waals surface area contributed by atoms with Crippen molar-refractivity contribution < 1.29 is 9.90 Å². The van der Waals surface area contributed by atoms with Crippen LogP contribution in [0.15, 0.2) is 72.1 Å². The summed E-state index contributed by atoms with van der Waals surface area (Å²) in [5.41, 5.74) is 4.62. The predicted octanol–water partition coefficient (Wildman–Crippen LogP) is 5.83. The van der Waals surface area contributed by atoms with Crippen molar-refractivity contribution in [2.75, 3.05) is 5.32 Å². The third-order valence-corrected chi connectivity index (χ3v) is 5.19. The molecule has 128 valence electrons. The van der Waals surface area contributed by atoms with E-state index in [0.29, 0.717) is 11.3 Å². The number of benzene rings is 3. The van der Waals surface area contributed by atoms with E-state index in [4.69, 9.17) is 0 Å². The van der Waals surface area contributed by atoms with Crippen molar-refractivity contribution in [3.63, 3.8) is 0 Å². The minimum atomic E-state index is -0.167. The van der Waals surface area contributed by atoms with E-state index in [2.05, 4.69) is 42.6 Å². The third-order valence-electron chi connectivity index (χ3n) is 4.32. The van der Waals surface area contributed by atoms with Crippen molar-refractivity contribution >= 4 is 33.0 Å². The number of phenols is 1. The molecule has 0 bridgehead atoms. The molecular formula is C22H17NO2S. The van der Waals surface area contributed by atoms with E-state index in [1.54, 1.807) is 35.6 Å². The molecule has 0 atom stereocenters. The minimum Gasteiger partial charge on any atom is -0.508 e. The van der Waals surface area contributed by atoms with Gasteiger partial charge in [-0.1, -0.05) is 29.8 Å². The zero-order valence-corrected chi connectivity index (χ0v) is 15.0. The Labute approximate surface area is 155 Å². The summed E-state index contributed by atoms with van der Waals surface area (Å²) in [6.45, 7) is 2.06. The van der Waals surface area contributed by atoms with Crippen LogP contribution >= 0.6 is 11.3 Å². The first kappa shape index (κ1) is 16.4. The summed E-state index contributed by atoms with van der Waals surface area (Å²) >= 11 is 1.63. The maximum atomic E-state index is 12.7. The van der Waals surface area contributed by atoms with Gasteiger partial charge in [-0.3, -0.25) is 4.79 Å². The Balaban J connectivity index is 1.74. The van der Waals surface area contributed by atoms with E-state index in [0.717, 1.165) is 21.2 Å². The Morgan fingerprint density at radius 1 is 0.962 bits per heavy atom. The second kappa shape index (κ2) is 6.65. The Kier molecular flexibility index (Phi) is 4.19. The molecule has 1 aromatic heterocycles. The second-order valence-electron chi connectivity index (χ2n) is 6.22. The van der Waals surface area contributed by atoms with E-state index in [1.165, 1.54) is 5.56 Å². The maximum absolute atomic E-state index is 12.7. The third kappa shape index (κ3) is 3.19. The number of aryl methyl sites for hydroxylation is 1. The van der Waals surface area contributed by atoms with Crippen LogP contribution in [0.2, 0.25) is 0 Å². The lowest BCUT2D eigenvalue weighted by Gasteiger charge is -2.10. The lowest BCUT2D eigenvalue weighted by atomic mass is 9.98. The van der Waals surface area contributed by atoms with Crippen LogP contribution in [-0.4, -0.2) is 11.0 Å². The molecule has 0 radical (unpaired) electrons. The highest BCUT2D eigenvalue weighted by Gasteiger charge is 2.13. The predicted molar refractivity (Wildman–Crippen MR) is 108 cm³/mol. The zero-order valence-electron chi connectivity index (χ0n) is 14.2. The summed E-state index contributed by atoms with van der Waals surface area (Å²) in [5, 5.41) is 15.5. The standard InChI is InChI=1S/C22H17NO2S/c1-14-2-4-15(5-3-14)20-12-16(13-21-19(20)10-11-26-21)22(25)23-17-6-8-18(24)9-7-17/h2-13,24H,1H3,(H,23,25). The molecule has 4 aromatic rings. The Hall–Kier alpha value is -3.11. The zero-order chi connectivity index (χ0) is 18.1. The molecule has 1 amide bonds. The first-order valence-corrected chi connectivity index (χ1v) is 9.17. The minimum absolute atomic E-state index is 0.167. The van der Waals surface area contributed by atoms with Gasteiger partial charge in [-0.05, 0) is 65.9 Å². The molecule has 4 heteroatoms. The topological polar surface area (TPSA) is 49.3 Å². The van der Waals surface area contributed by atoms with Gasteiger partial charge < -0.3 is 10.4 Å². The molecule has 3 nitrogen and oxygen atoms in total. The monoisotopic (exact) mass is 359 g/mol. The van der Waals surface area contributed by atoms with Crippen LogP contribution < -0.4 is 5.32 Å². The van der Waals surface area contributed by atoms with E-state index in [9.17, 15) is 9.90 Å². The Morgan fingerprint density at radius 2 is 1.69 bits per heavy atom. The SMILES string of the molecule is Cc1ccc(-c2cc(C(=O)Nc3ccc(O)cc3)cc3sccc23)cc1. The highest BCUT2D eigenvalue weighted by molar-refractivity contribution is 7.17. The van der Waals surface area contributed by atoms with Gasteiger partial charge in [0, 0.05) is 21.3 Å². The number of hydrogen-bond acceptors (Lipinski definition) is 3. The first-order valence-electron chi connectivity index (χ1n) is 8.29. The number of thiophene rings is 1. The van der Waals surface area contributed by atoms with E-state index < -0.39 is 0 Å². The van der Waals surface area contributed by atoms with Crippen molar-refractivity contribution in [2.24, 2.45) is 0 Å². The second-order valence-corrected chi connectivity index (χ2v) is 7.17. The molecule has 1 heterocycles. The number of hydrogen-bond donors (Lipinski definition) is 2. The fourth-order valence-electron chi connectivity index (χ4n) is 2.92. The Morgan fingerprint density at radius 3 is 2.42 bits per heavy atom. The van der Waals surface area contributed by atoms with Crippen LogP contribution in [0, 0.1) is 6.92 Å². The summed E-state index contributed by atoms with van der Waals surface area (Å²) in [6, 6.07) is 20.8. The number of carbonyl (C=O) groups is 1. The van der Waals surface area contributed by atoms with Crippen LogP contribution in [0.1, 0.15) is 15.9 Å². The fourth-order valence-corrected chi connectivity index (χ4v) is 3.77. The van der Waals surface area contributed by atoms with Crippen LogP contribution in [0.4, 0.5) is 5.69 Å². The van der Waals surface area contributed by atoms with E-state index >= 15 is 0 Å². The molecule has 2 N–H and O–H groups in total. The number of anilines is 1. The maximum Gasteiger partial charge on any atom is 0.255 e. The first-order chi connectivity index (χ1) is 12.6. The van der Waals surface area contributed by atoms with E-state index in [-0.39, 0.29) is 11.7 Å². The quantitative estimate of drug-likeness (QED) is 0.452. The molecule has 0 saturated heterocycles. The van der Waals surface area contributed by atoms with Crippen molar-refractivity contribution in [3.8, 4) is 16.9 Å². The van der Waals surface area contributed by atoms with Gasteiger partial charge in [0.25, 0.3) is 5.91 Å². The van der Waals surface area contributed by atoms with Gasteiger partial charge in [0.15, 0.2) is 0 Å². The highest BCUT2D eigenvalue weighted by atomic mass is 32.1. The molecular weight excluding hydrogens is 342 g/mol. The van der Waals surface area contributed by atoms with Gasteiger partial charge >= 0.3 is 0 Å². The lowest BCUT2D eigenvalue weighted by Crippen LogP contribution is -2.11. The van der Waals surface area contributed by atoms with Gasteiger partial charge in [0.05, 0.1) is 0 Å². The van der Waals surface area contributed by atoms with Gasteiger partial charge in [-0.2, -0.15) is 0 Å². The molecule has 4 rings (SSSR count). The van der Waals surface area contributed by atoms with E-state index in [1.807, 2.05) is 17.5 Å². The van der Waals surface area contributed by atoms with Crippen LogP contribution in [-0.2, 0) is 0 Å². The molecule has 26 heavy (non-hydrogen) atoms. The number of rotatable bonds is 3. The molecule has 0 aliphatic carbocycles. The number of carbonyl (C=O) groups excluding carboxylic acids is 1. The van der Waals surface area contributed by atoms with Gasteiger partial charge in [0.2, 0.25) is 0 Å². The number of aromatic hydroxyl groups is 1. The van der Waals surface area contributed by atoms with Gasteiger partial charge in [-0.25, -0.2) is 0 Å². The average Bonchev–Trinajstić information content (AvgIpc) is 3.12. The number of nitrogens with one attached hydrogen (secondary N) is 1. The average molecular weight is 359 g/mol. The fraction of sp³-hybridized carbons (Fsp3) is 0.0455. The summed E-state index contributed by atoms with van der Waals surface area (Å²) in [4.78, 5) is 12.7. The van der Waals surface area contributed by atoms with Crippen LogP contribution in [0.25, 0.3) is 21.2 Å². The number of amides is 1. The number of fused-ring (bicyclic) bond motifs is 1. The normalized spacial score (nSPS) is 10.8. The van der Waals surface area contributed by atoms with Crippen molar-refractivity contribution in [3.05, 3.63) is 83.2 Å². The molecule has 0 aliphatic heterocycles. The molecule has 0 saturated carbocycles. The van der Waals surface area contributed by atoms with Gasteiger partial charge in [0.1, 0.15) is 5.75 Å². The van der Waals surface area contributed by atoms with Crippen molar-refractivity contribution in [1.82, 2.24) is 0 Å². The molecule has 0 unspecified atom stereocenters. The highest BCUT2D eigenvalue weighted by Crippen LogP contribution is 2.33. The smallest absolute Gasteiger partial charge is 0.255 e. The summed E-state index contributed by atoms with van der Waals surface area (Å²) < 4.78 is 1.08. The van der Waals surface area contributed by atoms with Crippen molar-refractivity contribution in [1.29, 1.82) is 0 Å². The summed E-state index contributed by atoms with van der Waals surface area (Å²) in [5.74, 6) is 0.00372. The Bertz CT molecular complexity index is 1080. The molecule has 3 aromatic carbocycles. The lowest BCUT2D eigenvalue weighted by molar-refractivity contribution is 0.102. The summed E-state index contributed by atoms with van der Waals surface area (Å²) in [7, 11) is 0. The number of phenolic OH excluding ortho intramolecular Hbond substituents is 1. The van der Waals surface area contributed by atoms with Crippen LogP contribution in [0.5, 0.6) is 5.75 Å². The summed E-state index contributed by atoms with van der Waals surface area (Å²) in [6.07, 6.45) is 0. The molecule has 0 aliphatic rings. The van der Waals surface area contributed by atoms with Gasteiger partial charge in [-0.15, -0.1) is 11.3 Å². The molecule has 0 spiro atoms. The van der Waals surface area contributed by atoms with Crippen LogP contribution in [0.3, 0.4) is 0 Å². The molecule has 0 fully saturated rings. The largest absolute Gasteiger partial charge is 0.508 e. The van der Waals surface area contributed by atoms with Crippen molar-refractivity contribution in [2.45, 2.75) is 6.92 Å².